The largest absolute Gasteiger partial charge is 0.497 e. The SMILES string of the molecule is COc1ccc(CCNCc2nc(C)c(C)s2)cc1. The third-order valence-electron chi connectivity index (χ3n) is 3.10. The summed E-state index contributed by atoms with van der Waals surface area (Å²) in [4.78, 5) is 5.83. The number of rotatable bonds is 6. The average molecular weight is 276 g/mol. The van der Waals surface area contributed by atoms with Gasteiger partial charge in [0, 0.05) is 11.4 Å². The highest BCUT2D eigenvalue weighted by Crippen LogP contribution is 2.16. The minimum atomic E-state index is 0.857. The molecule has 19 heavy (non-hydrogen) atoms. The molecule has 3 nitrogen and oxygen atoms in total. The molecule has 0 saturated heterocycles. The van der Waals surface area contributed by atoms with Crippen LogP contribution in [0.5, 0.6) is 5.75 Å². The van der Waals surface area contributed by atoms with Crippen LogP contribution >= 0.6 is 11.3 Å². The maximum atomic E-state index is 5.14. The van der Waals surface area contributed by atoms with Crippen molar-refractivity contribution < 1.29 is 4.74 Å². The smallest absolute Gasteiger partial charge is 0.118 e. The van der Waals surface area contributed by atoms with Crippen molar-refractivity contribution in [2.24, 2.45) is 0 Å². The van der Waals surface area contributed by atoms with Gasteiger partial charge in [-0.2, -0.15) is 0 Å². The van der Waals surface area contributed by atoms with E-state index in [0.717, 1.165) is 31.0 Å². The summed E-state index contributed by atoms with van der Waals surface area (Å²) in [6.07, 6.45) is 1.02. The van der Waals surface area contributed by atoms with E-state index in [9.17, 15) is 0 Å². The third kappa shape index (κ3) is 4.04. The van der Waals surface area contributed by atoms with Gasteiger partial charge in [-0.05, 0) is 44.5 Å². The van der Waals surface area contributed by atoms with Gasteiger partial charge in [0.05, 0.1) is 12.8 Å². The second-order valence-corrected chi connectivity index (χ2v) is 5.81. The van der Waals surface area contributed by atoms with Crippen LogP contribution in [0, 0.1) is 13.8 Å². The van der Waals surface area contributed by atoms with Gasteiger partial charge < -0.3 is 10.1 Å². The molecule has 4 heteroatoms. The van der Waals surface area contributed by atoms with Crippen molar-refractivity contribution in [1.82, 2.24) is 10.3 Å². The van der Waals surface area contributed by atoms with Crippen LogP contribution in [0.15, 0.2) is 24.3 Å². The van der Waals surface area contributed by atoms with Crippen LogP contribution in [0.25, 0.3) is 0 Å². The monoisotopic (exact) mass is 276 g/mol. The highest BCUT2D eigenvalue weighted by atomic mass is 32.1. The Hall–Kier alpha value is -1.39. The Morgan fingerprint density at radius 3 is 2.53 bits per heavy atom. The molecule has 1 heterocycles. The summed E-state index contributed by atoms with van der Waals surface area (Å²) >= 11 is 1.78. The average Bonchev–Trinajstić information content (AvgIpc) is 2.74. The summed E-state index contributed by atoms with van der Waals surface area (Å²) < 4.78 is 5.14. The predicted molar refractivity (Wildman–Crippen MR) is 80.0 cm³/mol. The summed E-state index contributed by atoms with van der Waals surface area (Å²) in [5.41, 5.74) is 2.47. The van der Waals surface area contributed by atoms with Gasteiger partial charge in [-0.3, -0.25) is 0 Å². The van der Waals surface area contributed by atoms with E-state index >= 15 is 0 Å². The van der Waals surface area contributed by atoms with Crippen LogP contribution < -0.4 is 10.1 Å². The van der Waals surface area contributed by atoms with E-state index in [4.69, 9.17) is 4.74 Å². The number of ether oxygens (including phenoxy) is 1. The quantitative estimate of drug-likeness (QED) is 0.823. The van der Waals surface area contributed by atoms with Crippen LogP contribution in [0.3, 0.4) is 0 Å². The zero-order chi connectivity index (χ0) is 13.7. The van der Waals surface area contributed by atoms with Gasteiger partial charge in [-0.25, -0.2) is 4.98 Å². The van der Waals surface area contributed by atoms with Crippen LogP contribution in [0.4, 0.5) is 0 Å². The fourth-order valence-corrected chi connectivity index (χ4v) is 2.74. The van der Waals surface area contributed by atoms with E-state index in [2.05, 4.69) is 36.3 Å². The maximum Gasteiger partial charge on any atom is 0.118 e. The maximum absolute atomic E-state index is 5.14. The molecule has 0 fully saturated rings. The van der Waals surface area contributed by atoms with E-state index < -0.39 is 0 Å². The van der Waals surface area contributed by atoms with Gasteiger partial charge in [0.25, 0.3) is 0 Å². The topological polar surface area (TPSA) is 34.1 Å². The van der Waals surface area contributed by atoms with Gasteiger partial charge in [-0.15, -0.1) is 11.3 Å². The van der Waals surface area contributed by atoms with E-state index in [0.29, 0.717) is 0 Å². The number of aromatic nitrogens is 1. The first-order valence-electron chi connectivity index (χ1n) is 6.45. The minimum absolute atomic E-state index is 0.857. The summed E-state index contributed by atoms with van der Waals surface area (Å²) in [6, 6.07) is 8.22. The molecule has 0 bridgehead atoms. The first kappa shape index (κ1) is 14.0. The van der Waals surface area contributed by atoms with Crippen molar-refractivity contribution in [2.45, 2.75) is 26.8 Å². The molecule has 102 valence electrons. The number of thiazole rings is 1. The van der Waals surface area contributed by atoms with Crippen molar-refractivity contribution in [1.29, 1.82) is 0 Å². The summed E-state index contributed by atoms with van der Waals surface area (Å²) in [5, 5.41) is 4.61. The Labute approximate surface area is 118 Å². The number of nitrogens with zero attached hydrogens (tertiary/aromatic N) is 1. The molecule has 0 aliphatic heterocycles. The molecule has 0 spiro atoms. The molecule has 0 amide bonds. The van der Waals surface area contributed by atoms with Gasteiger partial charge in [0.2, 0.25) is 0 Å². The number of hydrogen-bond acceptors (Lipinski definition) is 4. The Morgan fingerprint density at radius 2 is 1.95 bits per heavy atom. The first-order valence-corrected chi connectivity index (χ1v) is 7.27. The molecule has 1 N–H and O–H groups in total. The van der Waals surface area contributed by atoms with Crippen molar-refractivity contribution in [3.63, 3.8) is 0 Å². The van der Waals surface area contributed by atoms with Gasteiger partial charge in [-0.1, -0.05) is 12.1 Å². The fraction of sp³-hybridized carbons (Fsp3) is 0.400. The van der Waals surface area contributed by atoms with Crippen molar-refractivity contribution in [3.05, 3.63) is 45.4 Å². The molecule has 1 aromatic carbocycles. The fourth-order valence-electron chi connectivity index (χ4n) is 1.84. The number of methoxy groups -OCH3 is 1. The molecule has 2 aromatic rings. The normalized spacial score (nSPS) is 10.7. The third-order valence-corrected chi connectivity index (χ3v) is 4.17. The van der Waals surface area contributed by atoms with Gasteiger partial charge in [0.15, 0.2) is 0 Å². The molecule has 0 unspecified atom stereocenters. The highest BCUT2D eigenvalue weighted by Gasteiger charge is 2.02. The van der Waals surface area contributed by atoms with Crippen LogP contribution in [-0.4, -0.2) is 18.6 Å². The zero-order valence-electron chi connectivity index (χ0n) is 11.7. The standard InChI is InChI=1S/C15H20N2OS/c1-11-12(2)19-15(17-11)10-16-9-8-13-4-6-14(18-3)7-5-13/h4-7,16H,8-10H2,1-3H3. The lowest BCUT2D eigenvalue weighted by atomic mass is 10.1. The highest BCUT2D eigenvalue weighted by molar-refractivity contribution is 7.11. The van der Waals surface area contributed by atoms with Crippen LogP contribution in [0.2, 0.25) is 0 Å². The molecule has 0 aliphatic rings. The first-order chi connectivity index (χ1) is 9.19. The number of nitrogens with one attached hydrogen (secondary N) is 1. The predicted octanol–water partition coefficient (Wildman–Crippen LogP) is 3.10. The molecular weight excluding hydrogens is 256 g/mol. The Morgan fingerprint density at radius 1 is 1.21 bits per heavy atom. The molecule has 0 radical (unpaired) electrons. The molecule has 0 atom stereocenters. The van der Waals surface area contributed by atoms with Crippen LogP contribution in [-0.2, 0) is 13.0 Å². The summed E-state index contributed by atoms with van der Waals surface area (Å²) in [6.45, 7) is 6.00. The van der Waals surface area contributed by atoms with E-state index in [1.165, 1.54) is 15.4 Å². The van der Waals surface area contributed by atoms with E-state index in [1.807, 2.05) is 12.1 Å². The number of benzene rings is 1. The van der Waals surface area contributed by atoms with Crippen molar-refractivity contribution >= 4 is 11.3 Å². The van der Waals surface area contributed by atoms with Gasteiger partial charge >= 0.3 is 0 Å². The second kappa shape index (κ2) is 6.68. The Kier molecular flexibility index (Phi) is 4.93. The van der Waals surface area contributed by atoms with Crippen LogP contribution in [0.1, 0.15) is 21.1 Å². The lowest BCUT2D eigenvalue weighted by Gasteiger charge is -2.04. The molecule has 2 rings (SSSR count). The zero-order valence-corrected chi connectivity index (χ0v) is 12.5. The molecular formula is C15H20N2OS. The lowest BCUT2D eigenvalue weighted by molar-refractivity contribution is 0.414. The number of hydrogen-bond donors (Lipinski definition) is 1. The molecule has 1 aromatic heterocycles. The Balaban J connectivity index is 1.74. The lowest BCUT2D eigenvalue weighted by Crippen LogP contribution is -2.16. The van der Waals surface area contributed by atoms with Crippen molar-refractivity contribution in [3.8, 4) is 5.75 Å². The minimum Gasteiger partial charge on any atom is -0.497 e. The Bertz CT molecular complexity index is 500. The second-order valence-electron chi connectivity index (χ2n) is 4.52. The molecule has 0 saturated carbocycles. The van der Waals surface area contributed by atoms with E-state index in [1.54, 1.807) is 18.4 Å². The number of aryl methyl sites for hydroxylation is 2. The molecule has 0 aliphatic carbocycles. The van der Waals surface area contributed by atoms with E-state index in [-0.39, 0.29) is 0 Å². The summed E-state index contributed by atoms with van der Waals surface area (Å²) in [7, 11) is 1.69. The van der Waals surface area contributed by atoms with Gasteiger partial charge in [0.1, 0.15) is 10.8 Å². The summed E-state index contributed by atoms with van der Waals surface area (Å²) in [5.74, 6) is 0.908. The van der Waals surface area contributed by atoms with Crippen molar-refractivity contribution in [2.75, 3.05) is 13.7 Å².